The predicted octanol–water partition coefficient (Wildman–Crippen LogP) is 4.59. The Morgan fingerprint density at radius 1 is 1.00 bits per heavy atom. The zero-order valence-electron chi connectivity index (χ0n) is 11.5. The second-order valence-electron chi connectivity index (χ2n) is 3.31. The minimum absolute atomic E-state index is 0.165. The largest absolute Gasteiger partial charge is 0.396 e. The van der Waals surface area contributed by atoms with Gasteiger partial charge in [-0.25, -0.2) is 0 Å². The molecule has 96 valence electrons. The van der Waals surface area contributed by atoms with Crippen molar-refractivity contribution in [3.05, 3.63) is 60.8 Å². The van der Waals surface area contributed by atoms with Crippen LogP contribution in [0.2, 0.25) is 0 Å². The normalized spacial score (nSPS) is 10.1. The van der Waals surface area contributed by atoms with Gasteiger partial charge in [-0.2, -0.15) is 0 Å². The topological polar surface area (TPSA) is 20.2 Å². The molecule has 1 heteroatoms. The van der Waals surface area contributed by atoms with Crippen molar-refractivity contribution in [2.45, 2.75) is 33.6 Å². The number of allylic oxidation sites excluding steroid dienone is 6. The summed E-state index contributed by atoms with van der Waals surface area (Å²) < 4.78 is 0. The summed E-state index contributed by atoms with van der Waals surface area (Å²) in [6, 6.07) is 0. The molecule has 0 bridgehead atoms. The maximum absolute atomic E-state index is 8.60. The van der Waals surface area contributed by atoms with E-state index in [4.69, 9.17) is 5.11 Å². The molecule has 0 aromatic carbocycles. The van der Waals surface area contributed by atoms with E-state index in [1.54, 1.807) is 0 Å². The highest BCUT2D eigenvalue weighted by molar-refractivity contribution is 5.43. The minimum atomic E-state index is 0.165. The molecule has 0 spiro atoms. The molecule has 0 amide bonds. The number of rotatable bonds is 7. The molecule has 0 aliphatic heterocycles. The van der Waals surface area contributed by atoms with Crippen molar-refractivity contribution < 1.29 is 5.11 Å². The van der Waals surface area contributed by atoms with Crippen LogP contribution in [0.25, 0.3) is 0 Å². The highest BCUT2D eigenvalue weighted by Crippen LogP contribution is 2.10. The molecular formula is C16H26O. The van der Waals surface area contributed by atoms with Gasteiger partial charge < -0.3 is 5.11 Å². The van der Waals surface area contributed by atoms with Crippen LogP contribution >= 0.6 is 0 Å². The quantitative estimate of drug-likeness (QED) is 0.639. The average Bonchev–Trinajstić information content (AvgIpc) is 2.37. The highest BCUT2D eigenvalue weighted by Gasteiger charge is 1.91. The fraction of sp³-hybridized carbons (Fsp3) is 0.375. The summed E-state index contributed by atoms with van der Waals surface area (Å²) in [6.45, 7) is 17.9. The molecule has 1 nitrogen and oxygen atoms in total. The zero-order chi connectivity index (χ0) is 13.7. The van der Waals surface area contributed by atoms with Gasteiger partial charge in [0.25, 0.3) is 0 Å². The van der Waals surface area contributed by atoms with Crippen molar-refractivity contribution in [3.8, 4) is 0 Å². The summed E-state index contributed by atoms with van der Waals surface area (Å²) in [7, 11) is 0. The fourth-order valence-corrected chi connectivity index (χ4v) is 0.850. The van der Waals surface area contributed by atoms with Crippen LogP contribution in [0.1, 0.15) is 33.6 Å². The van der Waals surface area contributed by atoms with Gasteiger partial charge in [-0.15, -0.1) is 0 Å². The number of aliphatic hydroxyl groups is 1. The molecule has 17 heavy (non-hydrogen) atoms. The van der Waals surface area contributed by atoms with Crippen molar-refractivity contribution in [1.29, 1.82) is 0 Å². The van der Waals surface area contributed by atoms with E-state index in [0.717, 1.165) is 23.1 Å². The van der Waals surface area contributed by atoms with Gasteiger partial charge in [0, 0.05) is 6.61 Å². The van der Waals surface area contributed by atoms with Crippen LogP contribution < -0.4 is 0 Å². The first kappa shape index (κ1) is 18.0. The Morgan fingerprint density at radius 2 is 1.53 bits per heavy atom. The third kappa shape index (κ3) is 10.9. The van der Waals surface area contributed by atoms with Crippen molar-refractivity contribution >= 4 is 0 Å². The Labute approximate surface area is 107 Å². The summed E-state index contributed by atoms with van der Waals surface area (Å²) in [5.41, 5.74) is 2.81. The molecule has 0 saturated carbocycles. The lowest BCUT2D eigenvalue weighted by Gasteiger charge is -1.99. The predicted molar refractivity (Wildman–Crippen MR) is 79.0 cm³/mol. The summed E-state index contributed by atoms with van der Waals surface area (Å²) in [4.78, 5) is 0. The van der Waals surface area contributed by atoms with Crippen molar-refractivity contribution in [2.75, 3.05) is 6.61 Å². The Kier molecular flexibility index (Phi) is 13.5. The average molecular weight is 234 g/mol. The van der Waals surface area contributed by atoms with E-state index in [0.29, 0.717) is 6.42 Å². The van der Waals surface area contributed by atoms with E-state index in [-0.39, 0.29) is 6.61 Å². The summed E-state index contributed by atoms with van der Waals surface area (Å²) in [5, 5.41) is 8.60. The van der Waals surface area contributed by atoms with Crippen LogP contribution in [-0.4, -0.2) is 11.7 Å². The smallest absolute Gasteiger partial charge is 0.0465 e. The van der Waals surface area contributed by atoms with Gasteiger partial charge in [0.1, 0.15) is 0 Å². The summed E-state index contributed by atoms with van der Waals surface area (Å²) >= 11 is 0. The van der Waals surface area contributed by atoms with Crippen molar-refractivity contribution in [1.82, 2.24) is 0 Å². The minimum Gasteiger partial charge on any atom is -0.396 e. The Bertz CT molecular complexity index is 293. The van der Waals surface area contributed by atoms with Gasteiger partial charge in [-0.05, 0) is 24.0 Å². The lowest BCUT2D eigenvalue weighted by Crippen LogP contribution is -1.81. The monoisotopic (exact) mass is 234 g/mol. The summed E-state index contributed by atoms with van der Waals surface area (Å²) in [5.74, 6) is 0. The molecule has 0 rings (SSSR count). The first-order valence-corrected chi connectivity index (χ1v) is 6.13. The molecule has 0 saturated heterocycles. The maximum Gasteiger partial charge on any atom is 0.0465 e. The zero-order valence-corrected chi connectivity index (χ0v) is 11.5. The van der Waals surface area contributed by atoms with Crippen LogP contribution in [0.15, 0.2) is 60.8 Å². The van der Waals surface area contributed by atoms with Gasteiger partial charge in [0.15, 0.2) is 0 Å². The highest BCUT2D eigenvalue weighted by atomic mass is 16.2. The first-order chi connectivity index (χ1) is 8.11. The molecule has 1 N–H and O–H groups in total. The molecule has 0 heterocycles. The second-order valence-corrected chi connectivity index (χ2v) is 3.31. The molecule has 0 atom stereocenters. The van der Waals surface area contributed by atoms with Crippen LogP contribution in [0, 0.1) is 0 Å². The van der Waals surface area contributed by atoms with Gasteiger partial charge in [0.05, 0.1) is 0 Å². The van der Waals surface area contributed by atoms with Gasteiger partial charge in [0.2, 0.25) is 0 Å². The van der Waals surface area contributed by atoms with Crippen LogP contribution in [0.5, 0.6) is 0 Å². The molecule has 0 unspecified atom stereocenters. The van der Waals surface area contributed by atoms with E-state index in [1.807, 2.05) is 38.2 Å². The summed E-state index contributed by atoms with van der Waals surface area (Å²) in [6.07, 6.45) is 9.22. The van der Waals surface area contributed by atoms with Crippen molar-refractivity contribution in [3.63, 3.8) is 0 Å². The van der Waals surface area contributed by atoms with Gasteiger partial charge >= 0.3 is 0 Å². The van der Waals surface area contributed by atoms with E-state index in [1.165, 1.54) is 0 Å². The molecule has 0 radical (unpaired) electrons. The van der Waals surface area contributed by atoms with E-state index < -0.39 is 0 Å². The standard InChI is InChI=1S/C14H20O.C2H6/c1-5-12(2)9-10-14(4)13(3)8-6-7-11-15;1-2/h6,8-10,15H,2-5,7,11H2,1H3;1-2H3/b8-6-,10-9-;. The van der Waals surface area contributed by atoms with Gasteiger partial charge in [-0.1, -0.05) is 70.4 Å². The Hall–Kier alpha value is -1.34. The lowest BCUT2D eigenvalue weighted by atomic mass is 10.1. The molecular weight excluding hydrogens is 208 g/mol. The number of hydrogen-bond acceptors (Lipinski definition) is 1. The third-order valence-electron chi connectivity index (χ3n) is 2.00. The maximum atomic E-state index is 8.60. The van der Waals surface area contributed by atoms with Crippen molar-refractivity contribution in [2.24, 2.45) is 0 Å². The molecule has 0 aliphatic rings. The molecule has 0 aromatic rings. The molecule has 0 fully saturated rings. The fourth-order valence-electron chi connectivity index (χ4n) is 0.850. The SMILES string of the molecule is C=C(/C=C\C(=C)C(=C)/C=C\CCO)CC.CC. The van der Waals surface area contributed by atoms with E-state index in [9.17, 15) is 0 Å². The van der Waals surface area contributed by atoms with Crippen LogP contribution in [0.4, 0.5) is 0 Å². The van der Waals surface area contributed by atoms with E-state index >= 15 is 0 Å². The van der Waals surface area contributed by atoms with Gasteiger partial charge in [-0.3, -0.25) is 0 Å². The van der Waals surface area contributed by atoms with Crippen LogP contribution in [0.3, 0.4) is 0 Å². The second kappa shape index (κ2) is 12.7. The lowest BCUT2D eigenvalue weighted by molar-refractivity contribution is 0.302. The molecule has 0 aromatic heterocycles. The number of hydrogen-bond donors (Lipinski definition) is 1. The van der Waals surface area contributed by atoms with E-state index in [2.05, 4.69) is 26.7 Å². The Balaban J connectivity index is 0. The Morgan fingerprint density at radius 3 is 2.00 bits per heavy atom. The number of aliphatic hydroxyl groups excluding tert-OH is 1. The first-order valence-electron chi connectivity index (χ1n) is 6.13. The van der Waals surface area contributed by atoms with Crippen LogP contribution in [-0.2, 0) is 0 Å². The third-order valence-corrected chi connectivity index (χ3v) is 2.00. The molecule has 0 aliphatic carbocycles.